The lowest BCUT2D eigenvalue weighted by Gasteiger charge is -2.32. The van der Waals surface area contributed by atoms with Gasteiger partial charge in [0.2, 0.25) is 0 Å². The average Bonchev–Trinajstić information content (AvgIpc) is 2.61. The van der Waals surface area contributed by atoms with Crippen molar-refractivity contribution in [1.29, 1.82) is 0 Å². The van der Waals surface area contributed by atoms with Crippen molar-refractivity contribution in [1.82, 2.24) is 9.97 Å². The van der Waals surface area contributed by atoms with Crippen LogP contribution in [0.4, 0.5) is 23.0 Å². The van der Waals surface area contributed by atoms with Gasteiger partial charge in [-0.15, -0.1) is 0 Å². The molecule has 1 aliphatic heterocycles. The summed E-state index contributed by atoms with van der Waals surface area (Å²) in [5, 5.41) is 6.71. The van der Waals surface area contributed by atoms with Gasteiger partial charge in [-0.1, -0.05) is 13.8 Å². The molecular formula is C20H29N5. The Morgan fingerprint density at radius 1 is 1.08 bits per heavy atom. The van der Waals surface area contributed by atoms with E-state index in [-0.39, 0.29) is 0 Å². The van der Waals surface area contributed by atoms with Gasteiger partial charge in [0.05, 0.1) is 0 Å². The molecule has 5 nitrogen and oxygen atoms in total. The fourth-order valence-corrected chi connectivity index (χ4v) is 3.15. The molecule has 1 aromatic carbocycles. The normalized spacial score (nSPS) is 15.2. The zero-order chi connectivity index (χ0) is 17.6. The fraction of sp³-hybridized carbons (Fsp3) is 0.500. The first kappa shape index (κ1) is 17.5. The zero-order valence-corrected chi connectivity index (χ0v) is 15.5. The molecule has 0 amide bonds. The molecule has 5 heteroatoms. The van der Waals surface area contributed by atoms with Gasteiger partial charge < -0.3 is 15.5 Å². The van der Waals surface area contributed by atoms with E-state index >= 15 is 0 Å². The van der Waals surface area contributed by atoms with Gasteiger partial charge in [0.25, 0.3) is 0 Å². The average molecular weight is 339 g/mol. The lowest BCUT2D eigenvalue weighted by molar-refractivity contribution is 0.438. The Kier molecular flexibility index (Phi) is 5.74. The van der Waals surface area contributed by atoms with Crippen molar-refractivity contribution >= 4 is 23.0 Å². The third-order valence-corrected chi connectivity index (χ3v) is 4.68. The van der Waals surface area contributed by atoms with Gasteiger partial charge >= 0.3 is 0 Å². The molecule has 1 aliphatic rings. The van der Waals surface area contributed by atoms with E-state index in [0.29, 0.717) is 0 Å². The van der Waals surface area contributed by atoms with Crippen molar-refractivity contribution in [3.63, 3.8) is 0 Å². The predicted molar refractivity (Wildman–Crippen MR) is 106 cm³/mol. The number of nitrogens with one attached hydrogen (secondary N) is 2. The van der Waals surface area contributed by atoms with Crippen molar-refractivity contribution in [2.24, 2.45) is 5.92 Å². The topological polar surface area (TPSA) is 53.1 Å². The van der Waals surface area contributed by atoms with Crippen LogP contribution in [0.1, 0.15) is 38.9 Å². The molecule has 2 N–H and O–H groups in total. The molecule has 25 heavy (non-hydrogen) atoms. The standard InChI is InChI=1S/C20H29N5/c1-4-11-21-19-14-20(23-16(3)22-19)24-17-5-7-18(8-6-17)25-12-9-15(2)10-13-25/h5-8,14-15H,4,9-13H2,1-3H3,(H2,21,22,23,24). The van der Waals surface area contributed by atoms with Crippen LogP contribution in [0.3, 0.4) is 0 Å². The Morgan fingerprint density at radius 3 is 2.44 bits per heavy atom. The number of nitrogens with zero attached hydrogens (tertiary/aromatic N) is 3. The van der Waals surface area contributed by atoms with Crippen molar-refractivity contribution in [3.8, 4) is 0 Å². The van der Waals surface area contributed by atoms with E-state index in [2.05, 4.69) is 63.6 Å². The second-order valence-electron chi connectivity index (χ2n) is 6.95. The first-order chi connectivity index (χ1) is 12.1. The van der Waals surface area contributed by atoms with Crippen LogP contribution in [0, 0.1) is 12.8 Å². The molecule has 3 rings (SSSR count). The maximum atomic E-state index is 4.49. The highest BCUT2D eigenvalue weighted by atomic mass is 15.1. The summed E-state index contributed by atoms with van der Waals surface area (Å²) in [5.41, 5.74) is 2.36. The van der Waals surface area contributed by atoms with E-state index in [0.717, 1.165) is 55.1 Å². The molecule has 1 saturated heterocycles. The molecular weight excluding hydrogens is 310 g/mol. The zero-order valence-electron chi connectivity index (χ0n) is 15.5. The Labute approximate surface area is 150 Å². The molecule has 134 valence electrons. The van der Waals surface area contributed by atoms with Crippen LogP contribution < -0.4 is 15.5 Å². The summed E-state index contributed by atoms with van der Waals surface area (Å²) in [6, 6.07) is 10.6. The Bertz CT molecular complexity index is 675. The summed E-state index contributed by atoms with van der Waals surface area (Å²) in [6.07, 6.45) is 3.64. The number of rotatable bonds is 6. The highest BCUT2D eigenvalue weighted by molar-refractivity contribution is 5.62. The molecule has 0 radical (unpaired) electrons. The van der Waals surface area contributed by atoms with Crippen LogP contribution in [0.25, 0.3) is 0 Å². The van der Waals surface area contributed by atoms with E-state index in [1.807, 2.05) is 13.0 Å². The van der Waals surface area contributed by atoms with Gasteiger partial charge in [0.15, 0.2) is 0 Å². The van der Waals surface area contributed by atoms with E-state index in [9.17, 15) is 0 Å². The quantitative estimate of drug-likeness (QED) is 0.806. The fourth-order valence-electron chi connectivity index (χ4n) is 3.15. The van der Waals surface area contributed by atoms with Crippen molar-refractivity contribution in [2.75, 3.05) is 35.2 Å². The lowest BCUT2D eigenvalue weighted by atomic mass is 9.99. The van der Waals surface area contributed by atoms with Crippen molar-refractivity contribution < 1.29 is 0 Å². The minimum atomic E-state index is 0.766. The summed E-state index contributed by atoms with van der Waals surface area (Å²) in [4.78, 5) is 11.4. The van der Waals surface area contributed by atoms with Crippen molar-refractivity contribution in [2.45, 2.75) is 40.0 Å². The van der Waals surface area contributed by atoms with Gasteiger partial charge in [-0.25, -0.2) is 9.97 Å². The largest absolute Gasteiger partial charge is 0.372 e. The third kappa shape index (κ3) is 4.84. The number of hydrogen-bond acceptors (Lipinski definition) is 5. The molecule has 0 atom stereocenters. The number of hydrogen-bond donors (Lipinski definition) is 2. The molecule has 0 bridgehead atoms. The molecule has 0 spiro atoms. The summed E-state index contributed by atoms with van der Waals surface area (Å²) in [6.45, 7) is 9.64. The number of aromatic nitrogens is 2. The van der Waals surface area contributed by atoms with Crippen LogP contribution in [-0.4, -0.2) is 29.6 Å². The number of anilines is 4. The van der Waals surface area contributed by atoms with Crippen LogP contribution in [-0.2, 0) is 0 Å². The summed E-state index contributed by atoms with van der Waals surface area (Å²) in [5.74, 6) is 3.32. The lowest BCUT2D eigenvalue weighted by Crippen LogP contribution is -2.32. The molecule has 1 fully saturated rings. The highest BCUT2D eigenvalue weighted by Gasteiger charge is 2.15. The Balaban J connectivity index is 1.66. The minimum absolute atomic E-state index is 0.766. The van der Waals surface area contributed by atoms with Gasteiger partial charge in [-0.3, -0.25) is 0 Å². The van der Waals surface area contributed by atoms with E-state index in [4.69, 9.17) is 0 Å². The molecule has 0 saturated carbocycles. The molecule has 2 aromatic rings. The van der Waals surface area contributed by atoms with Crippen molar-refractivity contribution in [3.05, 3.63) is 36.2 Å². The summed E-state index contributed by atoms with van der Waals surface area (Å²) >= 11 is 0. The van der Waals surface area contributed by atoms with Crippen LogP contribution in [0.15, 0.2) is 30.3 Å². The first-order valence-corrected chi connectivity index (χ1v) is 9.35. The first-order valence-electron chi connectivity index (χ1n) is 9.35. The Morgan fingerprint density at radius 2 is 1.76 bits per heavy atom. The monoisotopic (exact) mass is 339 g/mol. The van der Waals surface area contributed by atoms with Crippen LogP contribution >= 0.6 is 0 Å². The summed E-state index contributed by atoms with van der Waals surface area (Å²) < 4.78 is 0. The summed E-state index contributed by atoms with van der Waals surface area (Å²) in [7, 11) is 0. The smallest absolute Gasteiger partial charge is 0.136 e. The Hall–Kier alpha value is -2.30. The number of aryl methyl sites for hydroxylation is 1. The maximum Gasteiger partial charge on any atom is 0.136 e. The predicted octanol–water partition coefficient (Wildman–Crippen LogP) is 4.59. The van der Waals surface area contributed by atoms with E-state index in [1.165, 1.54) is 18.5 Å². The second-order valence-corrected chi connectivity index (χ2v) is 6.95. The minimum Gasteiger partial charge on any atom is -0.372 e. The maximum absolute atomic E-state index is 4.49. The van der Waals surface area contributed by atoms with Crippen LogP contribution in [0.2, 0.25) is 0 Å². The van der Waals surface area contributed by atoms with Gasteiger partial charge in [-0.2, -0.15) is 0 Å². The molecule has 0 aliphatic carbocycles. The van der Waals surface area contributed by atoms with Gasteiger partial charge in [-0.05, 0) is 56.4 Å². The number of benzene rings is 1. The van der Waals surface area contributed by atoms with Gasteiger partial charge in [0.1, 0.15) is 17.5 Å². The second kappa shape index (κ2) is 8.19. The number of piperidine rings is 1. The van der Waals surface area contributed by atoms with Crippen LogP contribution in [0.5, 0.6) is 0 Å². The molecule has 1 aromatic heterocycles. The SMILES string of the molecule is CCCNc1cc(Nc2ccc(N3CCC(C)CC3)cc2)nc(C)n1. The molecule has 0 unspecified atom stereocenters. The van der Waals surface area contributed by atoms with E-state index < -0.39 is 0 Å². The molecule has 2 heterocycles. The van der Waals surface area contributed by atoms with Gasteiger partial charge in [0, 0.05) is 37.1 Å². The van der Waals surface area contributed by atoms with E-state index in [1.54, 1.807) is 0 Å². The highest BCUT2D eigenvalue weighted by Crippen LogP contribution is 2.25. The third-order valence-electron chi connectivity index (χ3n) is 4.68.